The second-order valence-corrected chi connectivity index (χ2v) is 7.68. The smallest absolute Gasteiger partial charge is 0.165 e. The number of allylic oxidation sites excluding steroid dienone is 2. The van der Waals surface area contributed by atoms with E-state index >= 15 is 4.39 Å². The van der Waals surface area contributed by atoms with Crippen LogP contribution >= 0.6 is 11.6 Å². The Morgan fingerprint density at radius 3 is 2.34 bits per heavy atom. The minimum absolute atomic E-state index is 0.0811. The molecule has 4 heteroatoms. The monoisotopic (exact) mass is 412 g/mol. The van der Waals surface area contributed by atoms with Crippen molar-refractivity contribution >= 4 is 11.6 Å². The average Bonchev–Trinajstić information content (AvgIpc) is 2.71. The first-order valence-corrected chi connectivity index (χ1v) is 9.94. The van der Waals surface area contributed by atoms with Crippen LogP contribution in [0.25, 0.3) is 0 Å². The average molecular weight is 413 g/mol. The highest BCUT2D eigenvalue weighted by molar-refractivity contribution is 6.30. The number of halogens is 3. The molecule has 0 bridgehead atoms. The Morgan fingerprint density at radius 1 is 1.00 bits per heavy atom. The summed E-state index contributed by atoms with van der Waals surface area (Å²) in [6.45, 7) is 3.97. The third kappa shape index (κ3) is 5.68. The molecule has 0 spiro atoms. The molecule has 0 radical (unpaired) electrons. The molecule has 0 N–H and O–H groups in total. The van der Waals surface area contributed by atoms with Crippen LogP contribution < -0.4 is 4.74 Å². The van der Waals surface area contributed by atoms with E-state index in [9.17, 15) is 4.39 Å². The summed E-state index contributed by atoms with van der Waals surface area (Å²) < 4.78 is 34.8. The van der Waals surface area contributed by atoms with Crippen molar-refractivity contribution in [1.82, 2.24) is 0 Å². The van der Waals surface area contributed by atoms with Crippen LogP contribution in [0, 0.1) is 11.7 Å². The van der Waals surface area contributed by atoms with Crippen molar-refractivity contribution in [1.29, 1.82) is 0 Å². The summed E-state index contributed by atoms with van der Waals surface area (Å²) >= 11 is 5.95. The van der Waals surface area contributed by atoms with Crippen molar-refractivity contribution in [2.24, 2.45) is 5.92 Å². The molecule has 0 heterocycles. The van der Waals surface area contributed by atoms with Crippen molar-refractivity contribution in [2.45, 2.75) is 26.2 Å². The van der Waals surface area contributed by atoms with Crippen LogP contribution in [0.15, 0.2) is 84.7 Å². The van der Waals surface area contributed by atoms with Crippen LogP contribution in [0.5, 0.6) is 11.5 Å². The van der Waals surface area contributed by atoms with Gasteiger partial charge in [-0.25, -0.2) is 8.78 Å². The fourth-order valence-electron chi connectivity index (χ4n) is 3.24. The van der Waals surface area contributed by atoms with Gasteiger partial charge in [0.1, 0.15) is 11.6 Å². The third-order valence-corrected chi connectivity index (χ3v) is 4.94. The summed E-state index contributed by atoms with van der Waals surface area (Å²) in [5, 5.41) is 0.623. The second kappa shape index (κ2) is 9.71. The molecule has 0 saturated carbocycles. The summed E-state index contributed by atoms with van der Waals surface area (Å²) in [6.07, 6.45) is 1.90. The van der Waals surface area contributed by atoms with Gasteiger partial charge in [-0.1, -0.05) is 61.8 Å². The highest BCUT2D eigenvalue weighted by Crippen LogP contribution is 2.34. The van der Waals surface area contributed by atoms with Gasteiger partial charge < -0.3 is 4.74 Å². The normalized spacial score (nSPS) is 12.8. The zero-order valence-corrected chi connectivity index (χ0v) is 17.2. The molecule has 3 rings (SSSR count). The lowest BCUT2D eigenvalue weighted by molar-refractivity contribution is 0.441. The number of hydrogen-bond donors (Lipinski definition) is 0. The zero-order valence-electron chi connectivity index (χ0n) is 16.4. The lowest BCUT2D eigenvalue weighted by Crippen LogP contribution is -2.08. The maximum atomic E-state index is 15.0. The molecule has 0 amide bonds. The Labute approximate surface area is 175 Å². The maximum absolute atomic E-state index is 15.0. The fraction of sp³-hybridized carbons (Fsp3) is 0.200. The minimum Gasteiger partial charge on any atom is -0.454 e. The molecule has 0 aromatic heterocycles. The van der Waals surface area contributed by atoms with Gasteiger partial charge in [0, 0.05) is 10.9 Å². The van der Waals surface area contributed by atoms with Crippen molar-refractivity contribution in [3.8, 4) is 11.5 Å². The van der Waals surface area contributed by atoms with E-state index in [2.05, 4.69) is 0 Å². The summed E-state index contributed by atoms with van der Waals surface area (Å²) in [5.74, 6) is -0.265. The van der Waals surface area contributed by atoms with E-state index in [-0.39, 0.29) is 23.4 Å². The molecule has 0 aliphatic heterocycles. The Hall–Kier alpha value is -2.65. The summed E-state index contributed by atoms with van der Waals surface area (Å²) in [7, 11) is 0. The van der Waals surface area contributed by atoms with Gasteiger partial charge in [-0.05, 0) is 65.9 Å². The van der Waals surface area contributed by atoms with Gasteiger partial charge >= 0.3 is 0 Å². The Balaban J connectivity index is 1.78. The van der Waals surface area contributed by atoms with E-state index in [4.69, 9.17) is 16.3 Å². The molecule has 0 fully saturated rings. The molecule has 29 heavy (non-hydrogen) atoms. The first kappa shape index (κ1) is 21.1. The first-order valence-electron chi connectivity index (χ1n) is 9.56. The van der Waals surface area contributed by atoms with Crippen molar-refractivity contribution in [2.75, 3.05) is 0 Å². The molecule has 3 aromatic rings. The minimum atomic E-state index is -0.455. The van der Waals surface area contributed by atoms with Gasteiger partial charge in [0.25, 0.3) is 0 Å². The molecule has 0 aliphatic rings. The number of para-hydroxylation sites is 1. The van der Waals surface area contributed by atoms with E-state index in [0.29, 0.717) is 17.2 Å². The van der Waals surface area contributed by atoms with Gasteiger partial charge in [0.15, 0.2) is 11.6 Å². The number of ether oxygens (including phenoxy) is 1. The number of hydrogen-bond acceptors (Lipinski definition) is 1. The van der Waals surface area contributed by atoms with Crippen molar-refractivity contribution in [3.05, 3.63) is 107 Å². The Kier molecular flexibility index (Phi) is 7.05. The van der Waals surface area contributed by atoms with E-state index < -0.39 is 5.82 Å². The van der Waals surface area contributed by atoms with E-state index in [1.54, 1.807) is 42.5 Å². The molecule has 1 nitrogen and oxygen atoms in total. The van der Waals surface area contributed by atoms with Gasteiger partial charge in [-0.15, -0.1) is 0 Å². The molecular formula is C25H23ClF2O. The van der Waals surface area contributed by atoms with E-state index in [1.807, 2.05) is 44.2 Å². The third-order valence-electron chi connectivity index (χ3n) is 4.69. The van der Waals surface area contributed by atoms with E-state index in [0.717, 1.165) is 11.1 Å². The molecule has 3 aromatic carbocycles. The van der Waals surface area contributed by atoms with Crippen LogP contribution in [0.3, 0.4) is 0 Å². The first-order chi connectivity index (χ1) is 13.9. The molecule has 150 valence electrons. The molecule has 0 aliphatic carbocycles. The van der Waals surface area contributed by atoms with Gasteiger partial charge in [-0.3, -0.25) is 0 Å². The standard InChI is InChI=1S/C25H23ClF2O/c1-17(2)25(19-10-12-20(26)13-11-19)23(28)15-9-18-8-14-22(27)24(16-18)29-21-6-4-3-5-7-21/h3-8,10-17,25H,9H2,1-2H3. The highest BCUT2D eigenvalue weighted by atomic mass is 35.5. The molecule has 1 unspecified atom stereocenters. The zero-order chi connectivity index (χ0) is 20.8. The molecular weight excluding hydrogens is 390 g/mol. The van der Waals surface area contributed by atoms with Crippen LogP contribution in [0.2, 0.25) is 5.02 Å². The predicted molar refractivity (Wildman–Crippen MR) is 115 cm³/mol. The van der Waals surface area contributed by atoms with Gasteiger partial charge in [0.2, 0.25) is 0 Å². The lowest BCUT2D eigenvalue weighted by atomic mass is 9.87. The van der Waals surface area contributed by atoms with Crippen molar-refractivity contribution in [3.63, 3.8) is 0 Å². The maximum Gasteiger partial charge on any atom is 0.165 e. The van der Waals surface area contributed by atoms with E-state index in [1.165, 1.54) is 6.07 Å². The van der Waals surface area contributed by atoms with Gasteiger partial charge in [-0.2, -0.15) is 0 Å². The Bertz CT molecular complexity index is 966. The fourth-order valence-corrected chi connectivity index (χ4v) is 3.37. The molecule has 0 saturated heterocycles. The largest absolute Gasteiger partial charge is 0.454 e. The topological polar surface area (TPSA) is 9.23 Å². The van der Waals surface area contributed by atoms with Crippen LogP contribution in [0.1, 0.15) is 30.9 Å². The van der Waals surface area contributed by atoms with Crippen LogP contribution in [0.4, 0.5) is 8.78 Å². The van der Waals surface area contributed by atoms with Crippen LogP contribution in [-0.4, -0.2) is 0 Å². The number of rotatable bonds is 7. The predicted octanol–water partition coefficient (Wildman–Crippen LogP) is 8.11. The summed E-state index contributed by atoms with van der Waals surface area (Å²) in [5.41, 5.74) is 1.65. The second-order valence-electron chi connectivity index (χ2n) is 7.25. The number of benzene rings is 3. The summed E-state index contributed by atoms with van der Waals surface area (Å²) in [4.78, 5) is 0. The van der Waals surface area contributed by atoms with Crippen LogP contribution in [-0.2, 0) is 6.42 Å². The summed E-state index contributed by atoms with van der Waals surface area (Å²) in [6, 6.07) is 20.8. The SMILES string of the molecule is CC(C)C(C(F)=CCc1ccc(F)c(Oc2ccccc2)c1)c1ccc(Cl)cc1. The van der Waals surface area contributed by atoms with Gasteiger partial charge in [0.05, 0.1) is 0 Å². The lowest BCUT2D eigenvalue weighted by Gasteiger charge is -2.20. The highest BCUT2D eigenvalue weighted by Gasteiger charge is 2.20. The molecule has 1 atom stereocenters. The quantitative estimate of drug-likeness (QED) is 0.380. The Morgan fingerprint density at radius 2 is 1.69 bits per heavy atom. The van der Waals surface area contributed by atoms with Crippen molar-refractivity contribution < 1.29 is 13.5 Å².